The van der Waals surface area contributed by atoms with Gasteiger partial charge >= 0.3 is 11.9 Å². The van der Waals surface area contributed by atoms with Crippen LogP contribution in [0, 0.1) is 5.82 Å². The van der Waals surface area contributed by atoms with Crippen LogP contribution in [-0.4, -0.2) is 136 Å². The first kappa shape index (κ1) is 43.0. The standard InChI is InChI=1S/C42H42FNO15S/c43-23-12-9-19(10-13-23)22(17-28-30(46)31(47)33(49)36(57-28)40(53)54)18-60-38-29(44(39(38)52)24-6-2-1-3-7-24)26-14-11-21(20-5-4-8-25(45)15-20)16-27(26)58-42-35(51)32(48)34(50)37(59-42)41(55)56/h1-16,22,28-38,42,45-51H,17-18H2,(H,53,54)(H,55,56)/t22-,28-,29+,30?,31?,32?,33-,34-,35?,36?,37?,38+,42+/m0/s1. The number of carboxylic acids is 2. The number of ether oxygens (including phenoxy) is 3. The minimum Gasteiger partial charge on any atom is -0.508 e. The fraction of sp³-hybridized carbons (Fsp3) is 0.357. The van der Waals surface area contributed by atoms with Gasteiger partial charge in [-0.3, -0.25) is 4.79 Å². The summed E-state index contributed by atoms with van der Waals surface area (Å²) in [6.45, 7) is 0. The molecule has 6 unspecified atom stereocenters. The lowest BCUT2D eigenvalue weighted by molar-refractivity contribution is -0.271. The van der Waals surface area contributed by atoms with Gasteiger partial charge in [-0.1, -0.05) is 54.6 Å². The Hall–Kier alpha value is -5.15. The van der Waals surface area contributed by atoms with Gasteiger partial charge in [0.1, 0.15) is 59.2 Å². The van der Waals surface area contributed by atoms with Crippen LogP contribution in [0.3, 0.4) is 0 Å². The van der Waals surface area contributed by atoms with Crippen molar-refractivity contribution in [3.05, 3.63) is 114 Å². The number of β-lactam (4-membered cyclic amide) rings is 1. The number of phenols is 1. The van der Waals surface area contributed by atoms with Crippen LogP contribution in [-0.2, 0) is 23.9 Å². The van der Waals surface area contributed by atoms with Crippen LogP contribution in [0.2, 0.25) is 0 Å². The van der Waals surface area contributed by atoms with Gasteiger partial charge in [0.15, 0.2) is 12.2 Å². The summed E-state index contributed by atoms with van der Waals surface area (Å²) in [5.41, 5.74) is 2.39. The Kier molecular flexibility index (Phi) is 12.8. The van der Waals surface area contributed by atoms with Gasteiger partial charge in [-0.2, -0.15) is 0 Å². The Labute approximate surface area is 345 Å². The van der Waals surface area contributed by atoms with Crippen molar-refractivity contribution in [2.45, 2.75) is 84.9 Å². The highest BCUT2D eigenvalue weighted by Gasteiger charge is 2.53. The number of carboxylic acid groups (broad SMARTS) is 2. The van der Waals surface area contributed by atoms with Gasteiger partial charge in [-0.05, 0) is 71.5 Å². The molecule has 60 heavy (non-hydrogen) atoms. The number of aliphatic carboxylic acids is 2. The molecule has 9 N–H and O–H groups in total. The van der Waals surface area contributed by atoms with E-state index in [2.05, 4.69) is 0 Å². The molecular weight excluding hydrogens is 810 g/mol. The number of benzene rings is 4. The van der Waals surface area contributed by atoms with Crippen molar-refractivity contribution in [2.24, 2.45) is 0 Å². The van der Waals surface area contributed by atoms with E-state index in [1.165, 1.54) is 59.1 Å². The van der Waals surface area contributed by atoms with E-state index in [4.69, 9.17) is 14.2 Å². The van der Waals surface area contributed by atoms with Crippen molar-refractivity contribution < 1.29 is 78.9 Å². The molecule has 1 amide bonds. The molecule has 7 rings (SSSR count). The Morgan fingerprint density at radius 2 is 1.37 bits per heavy atom. The summed E-state index contributed by atoms with van der Waals surface area (Å²) in [6.07, 6.45) is -18.5. The number of thioether (sulfide) groups is 1. The fourth-order valence-electron chi connectivity index (χ4n) is 7.71. The predicted octanol–water partition coefficient (Wildman–Crippen LogP) is 1.77. The number of carbonyl (C=O) groups is 3. The molecular formula is C42H42FNO15S. The van der Waals surface area contributed by atoms with Crippen LogP contribution in [0.5, 0.6) is 11.5 Å². The molecule has 0 saturated carbocycles. The average Bonchev–Trinajstić information content (AvgIpc) is 3.23. The van der Waals surface area contributed by atoms with E-state index in [1.807, 2.05) is 0 Å². The Bertz CT molecular complexity index is 2180. The summed E-state index contributed by atoms with van der Waals surface area (Å²) in [7, 11) is 0. The Balaban J connectivity index is 1.26. The molecule has 3 heterocycles. The van der Waals surface area contributed by atoms with Gasteiger partial charge in [-0.25, -0.2) is 14.0 Å². The Morgan fingerprint density at radius 1 is 0.733 bits per heavy atom. The molecule has 0 radical (unpaired) electrons. The van der Waals surface area contributed by atoms with E-state index in [-0.39, 0.29) is 29.6 Å². The summed E-state index contributed by atoms with van der Waals surface area (Å²) in [4.78, 5) is 39.6. The number of carbonyl (C=O) groups excluding carboxylic acids is 1. The zero-order valence-corrected chi connectivity index (χ0v) is 32.2. The van der Waals surface area contributed by atoms with Gasteiger partial charge in [0, 0.05) is 17.0 Å². The van der Waals surface area contributed by atoms with Gasteiger partial charge in [0.2, 0.25) is 12.2 Å². The quantitative estimate of drug-likeness (QED) is 0.0868. The van der Waals surface area contributed by atoms with E-state index in [9.17, 15) is 64.7 Å². The molecule has 4 aromatic carbocycles. The van der Waals surface area contributed by atoms with Gasteiger partial charge in [0.05, 0.1) is 12.1 Å². The van der Waals surface area contributed by atoms with Crippen LogP contribution in [0.25, 0.3) is 11.1 Å². The third-order valence-corrected chi connectivity index (χ3v) is 12.4. The first-order valence-electron chi connectivity index (χ1n) is 18.8. The highest BCUT2D eigenvalue weighted by atomic mass is 32.2. The summed E-state index contributed by atoms with van der Waals surface area (Å²) in [6, 6.07) is 24.3. The number of rotatable bonds is 13. The largest absolute Gasteiger partial charge is 0.508 e. The zero-order chi connectivity index (χ0) is 43.0. The maximum Gasteiger partial charge on any atom is 0.335 e. The first-order chi connectivity index (χ1) is 28.6. The minimum atomic E-state index is -1.99. The molecule has 0 bridgehead atoms. The molecule has 16 nitrogen and oxygen atoms in total. The monoisotopic (exact) mass is 851 g/mol. The van der Waals surface area contributed by atoms with Crippen molar-refractivity contribution in [3.63, 3.8) is 0 Å². The van der Waals surface area contributed by atoms with Crippen LogP contribution >= 0.6 is 11.8 Å². The van der Waals surface area contributed by atoms with Crippen molar-refractivity contribution in [3.8, 4) is 22.6 Å². The zero-order valence-electron chi connectivity index (χ0n) is 31.4. The molecule has 3 fully saturated rings. The maximum absolute atomic E-state index is 14.3. The molecule has 0 spiro atoms. The van der Waals surface area contributed by atoms with E-state index in [0.717, 1.165) is 0 Å². The number of aliphatic hydroxyl groups excluding tert-OH is 6. The number of hydrogen-bond donors (Lipinski definition) is 9. The van der Waals surface area contributed by atoms with Gasteiger partial charge < -0.3 is 65.1 Å². The van der Waals surface area contributed by atoms with E-state index < -0.39 is 96.2 Å². The molecule has 3 aliphatic rings. The number of nitrogens with zero attached hydrogens (tertiary/aromatic N) is 1. The highest BCUT2D eigenvalue weighted by Crippen LogP contribution is 2.50. The van der Waals surface area contributed by atoms with E-state index in [1.54, 1.807) is 54.6 Å². The normalized spacial score (nSPS) is 30.9. The van der Waals surface area contributed by atoms with Crippen molar-refractivity contribution >= 4 is 35.3 Å². The maximum atomic E-state index is 14.3. The summed E-state index contributed by atoms with van der Waals surface area (Å²) >= 11 is 1.17. The third-order valence-electron chi connectivity index (χ3n) is 10.9. The minimum absolute atomic E-state index is 0.0160. The Morgan fingerprint density at radius 3 is 2.02 bits per heavy atom. The van der Waals surface area contributed by atoms with Crippen molar-refractivity contribution in [1.29, 1.82) is 0 Å². The van der Waals surface area contributed by atoms with E-state index in [0.29, 0.717) is 27.9 Å². The molecule has 318 valence electrons. The van der Waals surface area contributed by atoms with Crippen LogP contribution in [0.15, 0.2) is 97.1 Å². The second-order valence-corrected chi connectivity index (χ2v) is 16.0. The SMILES string of the molecule is O=C(O)C1O[C@@H](Oc2cc(-c3cccc(O)c3)ccc2[C@@H]2[C@@H](SC[C@H](C[C@@H]3OC(C(=O)O)[C@@H](O)C(O)C3O)c3ccc(F)cc3)C(=O)N2c2ccccc2)C(O)C(O)[C@@H]1O. The molecule has 0 aliphatic carbocycles. The number of halogens is 1. The summed E-state index contributed by atoms with van der Waals surface area (Å²) in [5.74, 6) is -4.70. The van der Waals surface area contributed by atoms with Crippen LogP contribution in [0.1, 0.15) is 29.5 Å². The summed E-state index contributed by atoms with van der Waals surface area (Å²) in [5, 5.41) is 92.3. The van der Waals surface area contributed by atoms with Gasteiger partial charge in [-0.15, -0.1) is 11.8 Å². The molecule has 4 aromatic rings. The fourth-order valence-corrected chi connectivity index (χ4v) is 9.18. The second kappa shape index (κ2) is 17.8. The number of anilines is 1. The first-order valence-corrected chi connectivity index (χ1v) is 19.9. The van der Waals surface area contributed by atoms with Crippen molar-refractivity contribution in [2.75, 3.05) is 10.7 Å². The number of hydrogen-bond acceptors (Lipinski definition) is 14. The molecule has 0 aromatic heterocycles. The number of aliphatic hydroxyl groups is 6. The molecule has 13 atom stereocenters. The molecule has 3 aliphatic heterocycles. The number of phenolic OH excluding ortho intramolecular Hbond substituents is 1. The highest BCUT2D eigenvalue weighted by molar-refractivity contribution is 8.00. The number of aromatic hydroxyl groups is 1. The number of para-hydroxylation sites is 1. The lowest BCUT2D eigenvalue weighted by Gasteiger charge is -2.48. The topological polar surface area (TPSA) is 264 Å². The molecule has 18 heteroatoms. The predicted molar refractivity (Wildman–Crippen MR) is 209 cm³/mol. The third kappa shape index (κ3) is 8.56. The lowest BCUT2D eigenvalue weighted by atomic mass is 9.87. The average molecular weight is 852 g/mol. The van der Waals surface area contributed by atoms with Gasteiger partial charge in [0.25, 0.3) is 0 Å². The smallest absolute Gasteiger partial charge is 0.335 e. The van der Waals surface area contributed by atoms with Crippen LogP contribution < -0.4 is 9.64 Å². The lowest BCUT2D eigenvalue weighted by Crippen LogP contribution is -2.61. The van der Waals surface area contributed by atoms with Crippen molar-refractivity contribution in [1.82, 2.24) is 0 Å². The molecule has 3 saturated heterocycles. The van der Waals surface area contributed by atoms with Crippen LogP contribution in [0.4, 0.5) is 10.1 Å². The number of amides is 1. The summed E-state index contributed by atoms with van der Waals surface area (Å²) < 4.78 is 31.4. The van der Waals surface area contributed by atoms with E-state index >= 15 is 0 Å². The second-order valence-electron chi connectivity index (χ2n) is 14.8.